The van der Waals surface area contributed by atoms with Crippen LogP contribution in [0.3, 0.4) is 0 Å². The molecule has 2 rings (SSSR count). The molecule has 1 aromatic carbocycles. The smallest absolute Gasteiger partial charge is 0.269 e. The topological polar surface area (TPSA) is 40.5 Å². The summed E-state index contributed by atoms with van der Waals surface area (Å²) in [7, 11) is 3.27. The van der Waals surface area contributed by atoms with Crippen molar-refractivity contribution >= 4 is 23.2 Å². The van der Waals surface area contributed by atoms with Gasteiger partial charge in [-0.1, -0.05) is 23.2 Å². The van der Waals surface area contributed by atoms with Gasteiger partial charge in [0.2, 0.25) is 0 Å². The van der Waals surface area contributed by atoms with Crippen molar-refractivity contribution < 1.29 is 9.47 Å². The maximum absolute atomic E-state index is 11.9. The normalized spacial score (nSPS) is 10.7. The molecule has 1 heterocycles. The average molecular weight is 328 g/mol. The van der Waals surface area contributed by atoms with Crippen LogP contribution in [-0.2, 0) is 11.8 Å². The van der Waals surface area contributed by atoms with Crippen LogP contribution >= 0.6 is 23.2 Å². The van der Waals surface area contributed by atoms with Crippen LogP contribution in [0.5, 0.6) is 5.75 Å². The lowest BCUT2D eigenvalue weighted by molar-refractivity contribution is 0.146. The molecule has 0 amide bonds. The Morgan fingerprint density at radius 3 is 2.52 bits per heavy atom. The molecule has 21 heavy (non-hydrogen) atoms. The maximum Gasteiger partial charge on any atom is 0.269 e. The molecule has 0 N–H and O–H groups in total. The van der Waals surface area contributed by atoms with Gasteiger partial charge in [-0.2, -0.15) is 0 Å². The molecule has 2 aromatic rings. The second kappa shape index (κ2) is 6.98. The van der Waals surface area contributed by atoms with E-state index in [2.05, 4.69) is 0 Å². The van der Waals surface area contributed by atoms with E-state index in [-0.39, 0.29) is 10.6 Å². The lowest BCUT2D eigenvalue weighted by Crippen LogP contribution is -2.18. The second-order valence-corrected chi connectivity index (χ2v) is 5.23. The minimum Gasteiger partial charge on any atom is -0.491 e. The molecule has 0 saturated carbocycles. The standard InChI is InChI=1S/C15H15Cl2NO3/c1-18-14(6-5-12(16)15(18)19)11-4-3-10(9-13(11)17)21-8-7-20-2/h3-6,9H,7-8H2,1-2H3. The van der Waals surface area contributed by atoms with Gasteiger partial charge in [-0.25, -0.2) is 0 Å². The Morgan fingerprint density at radius 2 is 1.86 bits per heavy atom. The first-order valence-corrected chi connectivity index (χ1v) is 7.07. The Balaban J connectivity index is 2.33. The fraction of sp³-hybridized carbons (Fsp3) is 0.267. The van der Waals surface area contributed by atoms with Crippen molar-refractivity contribution in [3.63, 3.8) is 0 Å². The first-order valence-electron chi connectivity index (χ1n) is 6.31. The highest BCUT2D eigenvalue weighted by molar-refractivity contribution is 6.33. The first kappa shape index (κ1) is 15.9. The third-order valence-corrected chi connectivity index (χ3v) is 3.63. The number of nitrogens with zero attached hydrogens (tertiary/aromatic N) is 1. The minimum absolute atomic E-state index is 0.178. The zero-order valence-corrected chi connectivity index (χ0v) is 13.2. The van der Waals surface area contributed by atoms with Crippen LogP contribution in [0.4, 0.5) is 0 Å². The monoisotopic (exact) mass is 327 g/mol. The van der Waals surface area contributed by atoms with E-state index in [9.17, 15) is 4.79 Å². The number of pyridine rings is 1. The van der Waals surface area contributed by atoms with Crippen molar-refractivity contribution in [3.05, 3.63) is 50.7 Å². The van der Waals surface area contributed by atoms with Crippen LogP contribution in [-0.4, -0.2) is 24.9 Å². The molecule has 0 spiro atoms. The van der Waals surface area contributed by atoms with Crippen molar-refractivity contribution in [1.29, 1.82) is 0 Å². The molecule has 0 aliphatic carbocycles. The molecule has 4 nitrogen and oxygen atoms in total. The van der Waals surface area contributed by atoms with E-state index in [1.165, 1.54) is 4.57 Å². The molecule has 1 aromatic heterocycles. The summed E-state index contributed by atoms with van der Waals surface area (Å²) in [5.41, 5.74) is 1.18. The summed E-state index contributed by atoms with van der Waals surface area (Å²) < 4.78 is 11.9. The number of benzene rings is 1. The number of hydrogen-bond acceptors (Lipinski definition) is 3. The predicted molar refractivity (Wildman–Crippen MR) is 84.5 cm³/mol. The fourth-order valence-corrected chi connectivity index (χ4v) is 2.37. The number of rotatable bonds is 5. The Kier molecular flexibility index (Phi) is 5.28. The quantitative estimate of drug-likeness (QED) is 0.790. The third kappa shape index (κ3) is 3.59. The van der Waals surface area contributed by atoms with E-state index >= 15 is 0 Å². The number of hydrogen-bond donors (Lipinski definition) is 0. The van der Waals surface area contributed by atoms with Gasteiger partial charge in [0, 0.05) is 19.7 Å². The van der Waals surface area contributed by atoms with Crippen molar-refractivity contribution in [3.8, 4) is 17.0 Å². The minimum atomic E-state index is -0.259. The van der Waals surface area contributed by atoms with Crippen LogP contribution in [0.1, 0.15) is 0 Å². The number of ether oxygens (including phenoxy) is 2. The molecule has 0 unspecified atom stereocenters. The van der Waals surface area contributed by atoms with E-state index in [0.29, 0.717) is 29.7 Å². The van der Waals surface area contributed by atoms with Gasteiger partial charge in [0.05, 0.1) is 17.3 Å². The van der Waals surface area contributed by atoms with Crippen molar-refractivity contribution in [2.24, 2.45) is 7.05 Å². The summed E-state index contributed by atoms with van der Waals surface area (Å²) in [5.74, 6) is 0.653. The largest absolute Gasteiger partial charge is 0.491 e. The molecule has 6 heteroatoms. The average Bonchev–Trinajstić information content (AvgIpc) is 2.46. The van der Waals surface area contributed by atoms with E-state index in [1.807, 2.05) is 6.07 Å². The van der Waals surface area contributed by atoms with Gasteiger partial charge in [0.15, 0.2) is 0 Å². The number of aromatic nitrogens is 1. The van der Waals surface area contributed by atoms with Crippen LogP contribution < -0.4 is 10.3 Å². The van der Waals surface area contributed by atoms with Gasteiger partial charge in [-0.15, -0.1) is 0 Å². The van der Waals surface area contributed by atoms with Gasteiger partial charge >= 0.3 is 0 Å². The van der Waals surface area contributed by atoms with Gasteiger partial charge in [0.1, 0.15) is 17.4 Å². The number of methoxy groups -OCH3 is 1. The Hall–Kier alpha value is -1.49. The Bertz CT molecular complexity index is 698. The van der Waals surface area contributed by atoms with Gasteiger partial charge in [-0.05, 0) is 30.3 Å². The second-order valence-electron chi connectivity index (χ2n) is 4.41. The van der Waals surface area contributed by atoms with Crippen molar-refractivity contribution in [2.45, 2.75) is 0 Å². The molecule has 0 aliphatic heterocycles. The van der Waals surface area contributed by atoms with Crippen molar-refractivity contribution in [2.75, 3.05) is 20.3 Å². The molecule has 112 valence electrons. The lowest BCUT2D eigenvalue weighted by atomic mass is 10.1. The first-order chi connectivity index (χ1) is 10.0. The third-order valence-electron chi connectivity index (χ3n) is 3.03. The predicted octanol–water partition coefficient (Wildman–Crippen LogP) is 3.38. The molecule has 0 radical (unpaired) electrons. The highest BCUT2D eigenvalue weighted by Gasteiger charge is 2.10. The maximum atomic E-state index is 11.9. The van der Waals surface area contributed by atoms with Gasteiger partial charge in [-0.3, -0.25) is 4.79 Å². The van der Waals surface area contributed by atoms with Crippen LogP contribution in [0, 0.1) is 0 Å². The van der Waals surface area contributed by atoms with Gasteiger partial charge < -0.3 is 14.0 Å². The zero-order valence-electron chi connectivity index (χ0n) is 11.7. The molecular formula is C15H15Cl2NO3. The summed E-state index contributed by atoms with van der Waals surface area (Å²) in [4.78, 5) is 11.9. The highest BCUT2D eigenvalue weighted by Crippen LogP contribution is 2.30. The molecule has 0 bridgehead atoms. The Morgan fingerprint density at radius 1 is 1.10 bits per heavy atom. The lowest BCUT2D eigenvalue weighted by Gasteiger charge is -2.12. The highest BCUT2D eigenvalue weighted by atomic mass is 35.5. The molecule has 0 aliphatic rings. The zero-order chi connectivity index (χ0) is 15.4. The summed E-state index contributed by atoms with van der Waals surface area (Å²) in [6, 6.07) is 8.66. The van der Waals surface area contributed by atoms with Gasteiger partial charge in [0.25, 0.3) is 5.56 Å². The summed E-state index contributed by atoms with van der Waals surface area (Å²) in [6.45, 7) is 0.955. The van der Waals surface area contributed by atoms with E-state index in [0.717, 1.165) is 5.56 Å². The number of halogens is 2. The molecule has 0 atom stereocenters. The summed E-state index contributed by atoms with van der Waals surface area (Å²) in [6.07, 6.45) is 0. The van der Waals surface area contributed by atoms with Crippen LogP contribution in [0.25, 0.3) is 11.3 Å². The van der Waals surface area contributed by atoms with Crippen molar-refractivity contribution in [1.82, 2.24) is 4.57 Å². The molecular weight excluding hydrogens is 313 g/mol. The summed E-state index contributed by atoms with van der Waals surface area (Å²) >= 11 is 12.1. The van der Waals surface area contributed by atoms with Crippen LogP contribution in [0.2, 0.25) is 10.0 Å². The van der Waals surface area contributed by atoms with E-state index in [1.54, 1.807) is 38.4 Å². The SMILES string of the molecule is COCCOc1ccc(-c2ccc(Cl)c(=O)n2C)c(Cl)c1. The van der Waals surface area contributed by atoms with Crippen LogP contribution in [0.15, 0.2) is 35.1 Å². The fourth-order valence-electron chi connectivity index (χ4n) is 1.91. The Labute approximate surface area is 132 Å². The molecule has 0 saturated heterocycles. The van der Waals surface area contributed by atoms with E-state index in [4.69, 9.17) is 32.7 Å². The molecule has 0 fully saturated rings. The van der Waals surface area contributed by atoms with E-state index < -0.39 is 0 Å². The summed E-state index contributed by atoms with van der Waals surface area (Å²) in [5, 5.41) is 0.680.